The Labute approximate surface area is 122 Å². The van der Waals surface area contributed by atoms with Crippen molar-refractivity contribution in [1.29, 1.82) is 0 Å². The number of hydrogen-bond donors (Lipinski definition) is 0. The summed E-state index contributed by atoms with van der Waals surface area (Å²) in [6, 6.07) is 19.4. The van der Waals surface area contributed by atoms with E-state index >= 15 is 0 Å². The van der Waals surface area contributed by atoms with E-state index in [4.69, 9.17) is 0 Å². The lowest BCUT2D eigenvalue weighted by Crippen LogP contribution is -2.19. The molecule has 0 heterocycles. The van der Waals surface area contributed by atoms with Crippen molar-refractivity contribution in [2.75, 3.05) is 0 Å². The molecule has 95 valence electrons. The van der Waals surface area contributed by atoms with Gasteiger partial charge >= 0.3 is 0 Å². The molecule has 2 aromatic carbocycles. The quantitative estimate of drug-likeness (QED) is 0.712. The van der Waals surface area contributed by atoms with E-state index in [0.717, 1.165) is 9.52 Å². The predicted molar refractivity (Wildman–Crippen MR) is 85.5 cm³/mol. The van der Waals surface area contributed by atoms with Crippen LogP contribution < -0.4 is 5.19 Å². The molecule has 0 N–H and O–H groups in total. The molecular weight excluding hydrogens is 260 g/mol. The van der Waals surface area contributed by atoms with Gasteiger partial charge in [0.1, 0.15) is 0 Å². The van der Waals surface area contributed by atoms with Crippen LogP contribution in [0.25, 0.3) is 0 Å². The maximum absolute atomic E-state index is 3.87. The van der Waals surface area contributed by atoms with Gasteiger partial charge in [0.2, 0.25) is 0 Å². The van der Waals surface area contributed by atoms with Gasteiger partial charge in [-0.25, -0.2) is 0 Å². The first-order chi connectivity index (χ1) is 9.25. The third-order valence-electron chi connectivity index (χ3n) is 3.31. The highest BCUT2D eigenvalue weighted by Crippen LogP contribution is 2.14. The summed E-state index contributed by atoms with van der Waals surface area (Å²) in [7, 11) is 4.73. The normalized spacial score (nSPS) is 12.3. The molecule has 0 nitrogen and oxygen atoms in total. The van der Waals surface area contributed by atoms with Gasteiger partial charge in [0.25, 0.3) is 0 Å². The monoisotopic (exact) mass is 279 g/mol. The summed E-state index contributed by atoms with van der Waals surface area (Å²) in [6.45, 7) is 2.20. The van der Waals surface area contributed by atoms with Crippen molar-refractivity contribution in [3.05, 3.63) is 65.7 Å². The van der Waals surface area contributed by atoms with Crippen molar-refractivity contribution in [3.8, 4) is 0 Å². The molecule has 0 aromatic heterocycles. The molecule has 2 heteroatoms. The minimum Gasteiger partial charge on any atom is -0.0643 e. The summed E-state index contributed by atoms with van der Waals surface area (Å²) in [4.78, 5) is 0. The molecule has 2 rings (SSSR count). The van der Waals surface area contributed by atoms with Crippen LogP contribution in [-0.2, 0) is 6.42 Å². The molecule has 0 aliphatic rings. The molecule has 0 bridgehead atoms. The van der Waals surface area contributed by atoms with Crippen molar-refractivity contribution in [3.63, 3.8) is 0 Å². The van der Waals surface area contributed by atoms with E-state index in [9.17, 15) is 0 Å². The van der Waals surface area contributed by atoms with Crippen molar-refractivity contribution in [1.82, 2.24) is 0 Å². The smallest absolute Gasteiger partial charge is 0.0643 e. The molecule has 1 atom stereocenters. The summed E-state index contributed by atoms with van der Waals surface area (Å²) >= 11 is 0. The lowest BCUT2D eigenvalue weighted by molar-refractivity contribution is 0.767. The minimum atomic E-state index is 0.603. The Morgan fingerprint density at radius 3 is 2.42 bits per heavy atom. The van der Waals surface area contributed by atoms with Crippen LogP contribution in [0.2, 0.25) is 5.16 Å². The van der Waals surface area contributed by atoms with Crippen LogP contribution in [0.3, 0.4) is 0 Å². The van der Waals surface area contributed by atoms with E-state index in [-0.39, 0.29) is 0 Å². The summed E-state index contributed by atoms with van der Waals surface area (Å²) in [5.74, 6) is 0. The Morgan fingerprint density at radius 2 is 1.68 bits per heavy atom. The fraction of sp³-hybridized carbons (Fsp3) is 0.294. The van der Waals surface area contributed by atoms with Gasteiger partial charge in [-0.1, -0.05) is 71.4 Å². The van der Waals surface area contributed by atoms with Gasteiger partial charge in [-0.2, -0.15) is 0 Å². The Kier molecular flexibility index (Phi) is 5.61. The predicted octanol–water partition coefficient (Wildman–Crippen LogP) is 3.26. The lowest BCUT2D eigenvalue weighted by atomic mass is 10.0. The van der Waals surface area contributed by atoms with Crippen LogP contribution in [0, 0.1) is 6.92 Å². The summed E-state index contributed by atoms with van der Waals surface area (Å²) in [5.41, 5.74) is 2.91. The molecule has 0 saturated carbocycles. The van der Waals surface area contributed by atoms with Gasteiger partial charge in [0.05, 0.1) is 9.52 Å². The first-order valence-corrected chi connectivity index (χ1v) is 8.48. The first-order valence-electron chi connectivity index (χ1n) is 6.83. The number of benzene rings is 2. The standard InChI is InChI=1S/C17H19Si2/c1-14-8-5-6-9-15(14)10-7-13-17(18)19-16-11-3-2-4-12-16/h2-6,8-9,11-12,17H,7,10,13H2,1H3. The van der Waals surface area contributed by atoms with Gasteiger partial charge in [-0.3, -0.25) is 0 Å². The van der Waals surface area contributed by atoms with E-state index in [0.29, 0.717) is 5.16 Å². The van der Waals surface area contributed by atoms with Crippen molar-refractivity contribution in [2.45, 2.75) is 31.4 Å². The summed E-state index contributed by atoms with van der Waals surface area (Å²) < 4.78 is 0. The molecule has 0 saturated heterocycles. The molecule has 19 heavy (non-hydrogen) atoms. The zero-order chi connectivity index (χ0) is 13.5. The minimum absolute atomic E-state index is 0.603. The first kappa shape index (κ1) is 14.3. The van der Waals surface area contributed by atoms with Gasteiger partial charge < -0.3 is 0 Å². The molecule has 0 spiro atoms. The van der Waals surface area contributed by atoms with Crippen LogP contribution in [0.15, 0.2) is 54.6 Å². The van der Waals surface area contributed by atoms with Crippen LogP contribution in [0.5, 0.6) is 0 Å². The summed E-state index contributed by atoms with van der Waals surface area (Å²) in [6.07, 6.45) is 3.67. The molecule has 0 amide bonds. The Hall–Kier alpha value is -1.13. The lowest BCUT2D eigenvalue weighted by Gasteiger charge is -2.11. The molecule has 0 fully saturated rings. The fourth-order valence-electron chi connectivity index (χ4n) is 2.19. The number of hydrogen-bond acceptors (Lipinski definition) is 0. The van der Waals surface area contributed by atoms with Crippen molar-refractivity contribution in [2.24, 2.45) is 0 Å². The van der Waals surface area contributed by atoms with Crippen LogP contribution in [0.4, 0.5) is 0 Å². The van der Waals surface area contributed by atoms with E-state index in [1.807, 2.05) is 0 Å². The van der Waals surface area contributed by atoms with E-state index < -0.39 is 0 Å². The highest BCUT2D eigenvalue weighted by atomic mass is 28.2. The maximum Gasteiger partial charge on any atom is 0.0805 e. The summed E-state index contributed by atoms with van der Waals surface area (Å²) in [5, 5.41) is 2.05. The molecule has 0 aliphatic heterocycles. The Bertz CT molecular complexity index is 494. The third-order valence-corrected chi connectivity index (χ3v) is 5.34. The molecular formula is C17H19Si2. The van der Waals surface area contributed by atoms with Crippen molar-refractivity contribution >= 4 is 24.9 Å². The van der Waals surface area contributed by atoms with E-state index in [2.05, 4.69) is 71.8 Å². The Morgan fingerprint density at radius 1 is 1.00 bits per heavy atom. The van der Waals surface area contributed by atoms with Gasteiger partial charge in [0, 0.05) is 10.2 Å². The van der Waals surface area contributed by atoms with Gasteiger partial charge in [-0.05, 0) is 30.9 Å². The SMILES string of the molecule is Cc1ccccc1CCCC([Si])[Si]c1ccccc1. The van der Waals surface area contributed by atoms with Gasteiger partial charge in [0.15, 0.2) is 0 Å². The van der Waals surface area contributed by atoms with Gasteiger partial charge in [-0.15, -0.1) is 0 Å². The Balaban J connectivity index is 1.75. The molecule has 0 aliphatic carbocycles. The van der Waals surface area contributed by atoms with E-state index in [1.165, 1.54) is 35.6 Å². The average molecular weight is 280 g/mol. The van der Waals surface area contributed by atoms with Crippen LogP contribution in [0.1, 0.15) is 24.0 Å². The molecule has 1 unspecified atom stereocenters. The molecule has 2 aromatic rings. The second-order valence-corrected chi connectivity index (χ2v) is 7.72. The highest BCUT2D eigenvalue weighted by molar-refractivity contribution is 6.62. The maximum atomic E-state index is 3.87. The second-order valence-electron chi connectivity index (χ2n) is 4.88. The average Bonchev–Trinajstić information content (AvgIpc) is 2.42. The van der Waals surface area contributed by atoms with Crippen LogP contribution >= 0.6 is 0 Å². The van der Waals surface area contributed by atoms with Crippen molar-refractivity contribution < 1.29 is 0 Å². The number of rotatable bonds is 6. The highest BCUT2D eigenvalue weighted by Gasteiger charge is 2.06. The fourth-order valence-corrected chi connectivity index (χ4v) is 4.03. The zero-order valence-corrected chi connectivity index (χ0v) is 13.4. The van der Waals surface area contributed by atoms with Crippen LogP contribution in [-0.4, -0.2) is 19.8 Å². The number of aryl methyl sites for hydroxylation is 2. The topological polar surface area (TPSA) is 0 Å². The van der Waals surface area contributed by atoms with E-state index in [1.54, 1.807) is 0 Å². The third kappa shape index (κ3) is 4.80. The molecule has 5 radical (unpaired) electrons. The second kappa shape index (κ2) is 7.46. The zero-order valence-electron chi connectivity index (χ0n) is 11.4. The largest absolute Gasteiger partial charge is 0.0805 e.